The Kier molecular flexibility index (Phi) is 6.90. The molecule has 8 heteroatoms. The maximum Gasteiger partial charge on any atom is 0.313 e. The van der Waals surface area contributed by atoms with Crippen molar-refractivity contribution in [3.8, 4) is 5.75 Å². The fourth-order valence-corrected chi connectivity index (χ4v) is 3.34. The predicted octanol–water partition coefficient (Wildman–Crippen LogP) is 2.14. The number of carbonyl (C=O) groups is 3. The quantitative estimate of drug-likeness (QED) is 0.694. The Hall–Kier alpha value is -2.48. The highest BCUT2D eigenvalue weighted by molar-refractivity contribution is 5.98. The third-order valence-corrected chi connectivity index (χ3v) is 4.84. The van der Waals surface area contributed by atoms with Gasteiger partial charge in [0.1, 0.15) is 5.41 Å². The number of hydrogen-bond donors (Lipinski definition) is 1. The number of carboxylic acids is 1. The predicted molar refractivity (Wildman–Crippen MR) is 94.3 cm³/mol. The van der Waals surface area contributed by atoms with Crippen LogP contribution in [0, 0.1) is 11.2 Å². The minimum absolute atomic E-state index is 0.0240. The first kappa shape index (κ1) is 20.8. The van der Waals surface area contributed by atoms with E-state index in [9.17, 15) is 23.9 Å². The van der Waals surface area contributed by atoms with E-state index in [2.05, 4.69) is 0 Å². The fourth-order valence-electron chi connectivity index (χ4n) is 3.34. The summed E-state index contributed by atoms with van der Waals surface area (Å²) in [5, 5.41) is 9.54. The van der Waals surface area contributed by atoms with Crippen LogP contribution < -0.4 is 4.74 Å². The van der Waals surface area contributed by atoms with Crippen molar-refractivity contribution in [2.75, 3.05) is 33.9 Å². The number of amides is 1. The summed E-state index contributed by atoms with van der Waals surface area (Å²) in [5.41, 5.74) is -0.954. The number of halogens is 1. The zero-order valence-electron chi connectivity index (χ0n) is 15.5. The molecule has 0 aromatic heterocycles. The highest BCUT2D eigenvalue weighted by Gasteiger charge is 2.43. The van der Waals surface area contributed by atoms with Gasteiger partial charge in [0, 0.05) is 38.6 Å². The van der Waals surface area contributed by atoms with Crippen LogP contribution in [0.2, 0.25) is 0 Å². The van der Waals surface area contributed by atoms with Gasteiger partial charge in [-0.25, -0.2) is 4.39 Å². The van der Waals surface area contributed by atoms with Gasteiger partial charge in [0.15, 0.2) is 17.3 Å². The minimum atomic E-state index is -1.12. The van der Waals surface area contributed by atoms with E-state index in [0.29, 0.717) is 19.4 Å². The van der Waals surface area contributed by atoms with Gasteiger partial charge in [0.2, 0.25) is 5.91 Å². The number of hydrogen-bond acceptors (Lipinski definition) is 5. The van der Waals surface area contributed by atoms with Crippen molar-refractivity contribution in [1.29, 1.82) is 0 Å². The molecule has 1 heterocycles. The smallest absolute Gasteiger partial charge is 0.313 e. The van der Waals surface area contributed by atoms with Crippen LogP contribution in [0.4, 0.5) is 4.39 Å². The number of carboxylic acid groups (broad SMARTS) is 1. The van der Waals surface area contributed by atoms with Gasteiger partial charge in [-0.1, -0.05) is 0 Å². The molecule has 0 spiro atoms. The zero-order chi connectivity index (χ0) is 20.0. The number of benzene rings is 1. The summed E-state index contributed by atoms with van der Waals surface area (Å²) in [5.74, 6) is -2.25. The second-order valence-electron chi connectivity index (χ2n) is 6.71. The van der Waals surface area contributed by atoms with Gasteiger partial charge in [-0.15, -0.1) is 0 Å². The van der Waals surface area contributed by atoms with Crippen LogP contribution in [0.15, 0.2) is 18.2 Å². The van der Waals surface area contributed by atoms with Crippen molar-refractivity contribution in [2.45, 2.75) is 25.7 Å². The van der Waals surface area contributed by atoms with E-state index < -0.39 is 17.2 Å². The monoisotopic (exact) mass is 381 g/mol. The number of rotatable bonds is 8. The second-order valence-corrected chi connectivity index (χ2v) is 6.71. The first-order chi connectivity index (χ1) is 12.8. The van der Waals surface area contributed by atoms with Gasteiger partial charge in [-0.3, -0.25) is 14.4 Å². The van der Waals surface area contributed by atoms with Crippen LogP contribution in [-0.2, 0) is 14.3 Å². The van der Waals surface area contributed by atoms with Gasteiger partial charge in [-0.05, 0) is 31.0 Å². The van der Waals surface area contributed by atoms with Gasteiger partial charge >= 0.3 is 5.97 Å². The molecule has 0 radical (unpaired) electrons. The molecule has 1 atom stereocenters. The van der Waals surface area contributed by atoms with Gasteiger partial charge in [0.05, 0.1) is 13.7 Å². The molecule has 1 aromatic carbocycles. The fraction of sp³-hybridized carbons (Fsp3) is 0.526. The van der Waals surface area contributed by atoms with Crippen LogP contribution in [0.1, 0.15) is 36.0 Å². The van der Waals surface area contributed by atoms with Crippen molar-refractivity contribution < 1.29 is 33.4 Å². The number of piperidine rings is 1. The van der Waals surface area contributed by atoms with Crippen molar-refractivity contribution in [3.63, 3.8) is 0 Å². The summed E-state index contributed by atoms with van der Waals surface area (Å²) in [7, 11) is 2.76. The molecule has 1 aliphatic rings. The maximum absolute atomic E-state index is 13.7. The van der Waals surface area contributed by atoms with E-state index in [1.807, 2.05) is 0 Å². The molecule has 1 N–H and O–H groups in total. The van der Waals surface area contributed by atoms with Crippen LogP contribution in [-0.4, -0.2) is 61.6 Å². The largest absolute Gasteiger partial charge is 0.494 e. The number of methoxy groups -OCH3 is 2. The van der Waals surface area contributed by atoms with Crippen molar-refractivity contribution in [2.24, 2.45) is 5.41 Å². The number of likely N-dealkylation sites (tertiary alicyclic amines) is 1. The van der Waals surface area contributed by atoms with Crippen molar-refractivity contribution in [1.82, 2.24) is 4.90 Å². The van der Waals surface area contributed by atoms with Crippen LogP contribution in [0.25, 0.3) is 0 Å². The SMILES string of the molecule is COCC1(C(=O)O)CCCN(C(=O)CCC(=O)c2ccc(OC)c(F)c2)C1. The Balaban J connectivity index is 1.97. The molecule has 1 fully saturated rings. The molecule has 0 saturated carbocycles. The van der Waals surface area contributed by atoms with E-state index >= 15 is 0 Å². The molecule has 0 aliphatic carbocycles. The Morgan fingerprint density at radius 1 is 1.26 bits per heavy atom. The van der Waals surface area contributed by atoms with Crippen LogP contribution in [0.5, 0.6) is 5.75 Å². The number of ether oxygens (including phenoxy) is 2. The molecule has 2 rings (SSSR count). The van der Waals surface area contributed by atoms with Crippen molar-refractivity contribution >= 4 is 17.7 Å². The molecule has 1 saturated heterocycles. The number of ketones is 1. The first-order valence-electron chi connectivity index (χ1n) is 8.70. The molecular formula is C19H24FNO6. The molecule has 148 valence electrons. The lowest BCUT2D eigenvalue weighted by Gasteiger charge is -2.39. The highest BCUT2D eigenvalue weighted by Crippen LogP contribution is 2.31. The van der Waals surface area contributed by atoms with E-state index in [1.165, 1.54) is 31.3 Å². The normalized spacial score (nSPS) is 19.6. The third kappa shape index (κ3) is 4.82. The van der Waals surface area contributed by atoms with E-state index in [-0.39, 0.29) is 49.0 Å². The standard InChI is InChI=1S/C19H24FNO6/c1-26-12-19(18(24)25)8-3-9-21(11-19)17(23)7-5-15(22)13-4-6-16(27-2)14(20)10-13/h4,6,10H,3,5,7-9,11-12H2,1-2H3,(H,24,25). The Labute approximate surface area is 157 Å². The Morgan fingerprint density at radius 3 is 2.59 bits per heavy atom. The topological polar surface area (TPSA) is 93.1 Å². The summed E-state index contributed by atoms with van der Waals surface area (Å²) >= 11 is 0. The summed E-state index contributed by atoms with van der Waals surface area (Å²) < 4.78 is 23.6. The molecule has 1 aromatic rings. The average Bonchev–Trinajstić information content (AvgIpc) is 2.66. The number of nitrogens with zero attached hydrogens (tertiary/aromatic N) is 1. The first-order valence-corrected chi connectivity index (χ1v) is 8.70. The summed E-state index contributed by atoms with van der Waals surface area (Å²) in [6.45, 7) is 0.527. The lowest BCUT2D eigenvalue weighted by atomic mass is 9.80. The molecule has 1 aliphatic heterocycles. The van der Waals surface area contributed by atoms with Crippen LogP contribution in [0.3, 0.4) is 0 Å². The molecule has 7 nitrogen and oxygen atoms in total. The van der Waals surface area contributed by atoms with Gasteiger partial charge in [-0.2, -0.15) is 0 Å². The van der Waals surface area contributed by atoms with Crippen molar-refractivity contribution in [3.05, 3.63) is 29.6 Å². The summed E-state index contributed by atoms with van der Waals surface area (Å²) in [4.78, 5) is 37.8. The number of aliphatic carboxylic acids is 1. The molecule has 1 amide bonds. The molecule has 0 bridgehead atoms. The second kappa shape index (κ2) is 8.94. The van der Waals surface area contributed by atoms with Crippen LogP contribution >= 0.6 is 0 Å². The summed E-state index contributed by atoms with van der Waals surface area (Å²) in [6, 6.07) is 3.89. The molecule has 27 heavy (non-hydrogen) atoms. The van der Waals surface area contributed by atoms with E-state index in [1.54, 1.807) is 0 Å². The third-order valence-electron chi connectivity index (χ3n) is 4.84. The lowest BCUT2D eigenvalue weighted by molar-refractivity contribution is -0.159. The Bertz CT molecular complexity index is 718. The highest BCUT2D eigenvalue weighted by atomic mass is 19.1. The maximum atomic E-state index is 13.7. The lowest BCUT2D eigenvalue weighted by Crippen LogP contribution is -2.52. The number of Topliss-reactive ketones (excluding diaryl/α,β-unsaturated/α-hetero) is 1. The van der Waals surface area contributed by atoms with E-state index in [4.69, 9.17) is 9.47 Å². The zero-order valence-corrected chi connectivity index (χ0v) is 15.5. The number of carbonyl (C=O) groups excluding carboxylic acids is 2. The minimum Gasteiger partial charge on any atom is -0.494 e. The Morgan fingerprint density at radius 2 is 2.00 bits per heavy atom. The molecular weight excluding hydrogens is 357 g/mol. The van der Waals surface area contributed by atoms with E-state index in [0.717, 1.165) is 6.07 Å². The van der Waals surface area contributed by atoms with Gasteiger partial charge < -0.3 is 19.5 Å². The average molecular weight is 381 g/mol. The molecule has 1 unspecified atom stereocenters. The van der Waals surface area contributed by atoms with Gasteiger partial charge in [0.25, 0.3) is 0 Å². The summed E-state index contributed by atoms with van der Waals surface area (Å²) in [6.07, 6.45) is 0.851.